The standard InChI is InChI=1S/C15H13BrClN3/c1-20-14-7-2-10(16)8-13(14)19-15(20)9-18-12-5-3-11(17)4-6-12/h2-8,18H,9H2,1H3. The van der Waals surface area contributed by atoms with Crippen LogP contribution in [-0.4, -0.2) is 9.55 Å². The summed E-state index contributed by atoms with van der Waals surface area (Å²) < 4.78 is 3.14. The van der Waals surface area contributed by atoms with E-state index in [1.807, 2.05) is 43.4 Å². The maximum atomic E-state index is 5.87. The molecule has 5 heteroatoms. The van der Waals surface area contributed by atoms with Crippen LogP contribution in [0.3, 0.4) is 0 Å². The largest absolute Gasteiger partial charge is 0.378 e. The van der Waals surface area contributed by atoms with Gasteiger partial charge in [-0.3, -0.25) is 0 Å². The van der Waals surface area contributed by atoms with Crippen molar-refractivity contribution < 1.29 is 0 Å². The molecule has 0 aliphatic heterocycles. The molecule has 1 aromatic heterocycles. The zero-order valence-electron chi connectivity index (χ0n) is 10.9. The fourth-order valence-corrected chi connectivity index (χ4v) is 2.60. The minimum Gasteiger partial charge on any atom is -0.378 e. The van der Waals surface area contributed by atoms with E-state index in [9.17, 15) is 0 Å². The van der Waals surface area contributed by atoms with Crippen molar-refractivity contribution in [1.29, 1.82) is 0 Å². The monoisotopic (exact) mass is 349 g/mol. The van der Waals surface area contributed by atoms with Crippen molar-refractivity contribution in [3.8, 4) is 0 Å². The van der Waals surface area contributed by atoms with E-state index >= 15 is 0 Å². The Balaban J connectivity index is 1.84. The number of nitrogens with zero attached hydrogens (tertiary/aromatic N) is 2. The lowest BCUT2D eigenvalue weighted by Gasteiger charge is -2.06. The topological polar surface area (TPSA) is 29.9 Å². The van der Waals surface area contributed by atoms with Crippen molar-refractivity contribution >= 4 is 44.3 Å². The maximum absolute atomic E-state index is 5.87. The normalized spacial score (nSPS) is 10.9. The van der Waals surface area contributed by atoms with E-state index in [-0.39, 0.29) is 0 Å². The minimum atomic E-state index is 0.671. The summed E-state index contributed by atoms with van der Waals surface area (Å²) in [6.45, 7) is 0.671. The highest BCUT2D eigenvalue weighted by Crippen LogP contribution is 2.21. The first-order chi connectivity index (χ1) is 9.63. The van der Waals surface area contributed by atoms with Crippen LogP contribution in [0.5, 0.6) is 0 Å². The molecule has 0 aliphatic carbocycles. The maximum Gasteiger partial charge on any atom is 0.128 e. The van der Waals surface area contributed by atoms with Gasteiger partial charge < -0.3 is 9.88 Å². The molecular weight excluding hydrogens is 338 g/mol. The number of fused-ring (bicyclic) bond motifs is 1. The fraction of sp³-hybridized carbons (Fsp3) is 0.133. The molecule has 102 valence electrons. The van der Waals surface area contributed by atoms with E-state index in [1.54, 1.807) is 0 Å². The van der Waals surface area contributed by atoms with E-state index in [2.05, 4.69) is 36.9 Å². The first kappa shape index (κ1) is 13.5. The van der Waals surface area contributed by atoms with Gasteiger partial charge in [-0.2, -0.15) is 0 Å². The van der Waals surface area contributed by atoms with Crippen LogP contribution in [0.25, 0.3) is 11.0 Å². The Hall–Kier alpha value is -1.52. The van der Waals surface area contributed by atoms with Crippen LogP contribution in [0.4, 0.5) is 5.69 Å². The molecule has 3 rings (SSSR count). The van der Waals surface area contributed by atoms with Crippen molar-refractivity contribution in [3.05, 3.63) is 57.8 Å². The lowest BCUT2D eigenvalue weighted by atomic mass is 10.3. The zero-order valence-corrected chi connectivity index (χ0v) is 13.2. The van der Waals surface area contributed by atoms with Crippen LogP contribution in [0.2, 0.25) is 5.02 Å². The van der Waals surface area contributed by atoms with Crippen LogP contribution in [0.1, 0.15) is 5.82 Å². The molecule has 3 aromatic rings. The second-order valence-corrected chi connectivity index (χ2v) is 5.93. The van der Waals surface area contributed by atoms with Gasteiger partial charge in [-0.25, -0.2) is 4.98 Å². The predicted molar refractivity (Wildman–Crippen MR) is 87.2 cm³/mol. The third-order valence-corrected chi connectivity index (χ3v) is 3.98. The van der Waals surface area contributed by atoms with Gasteiger partial charge in [-0.05, 0) is 42.5 Å². The van der Waals surface area contributed by atoms with Gasteiger partial charge in [0.25, 0.3) is 0 Å². The molecule has 0 spiro atoms. The number of benzene rings is 2. The molecule has 0 unspecified atom stereocenters. The summed E-state index contributed by atoms with van der Waals surface area (Å²) in [7, 11) is 2.03. The molecular formula is C15H13BrClN3. The highest BCUT2D eigenvalue weighted by Gasteiger charge is 2.07. The number of aryl methyl sites for hydroxylation is 1. The Morgan fingerprint density at radius 1 is 1.20 bits per heavy atom. The number of rotatable bonds is 3. The number of aromatic nitrogens is 2. The SMILES string of the molecule is Cn1c(CNc2ccc(Cl)cc2)nc2cc(Br)ccc21. The van der Waals surface area contributed by atoms with E-state index in [4.69, 9.17) is 11.6 Å². The van der Waals surface area contributed by atoms with Gasteiger partial charge in [0.15, 0.2) is 0 Å². The van der Waals surface area contributed by atoms with Gasteiger partial charge in [-0.1, -0.05) is 27.5 Å². The van der Waals surface area contributed by atoms with Crippen LogP contribution < -0.4 is 5.32 Å². The Labute approximate surface area is 130 Å². The van der Waals surface area contributed by atoms with Crippen molar-refractivity contribution in [1.82, 2.24) is 9.55 Å². The predicted octanol–water partition coefficient (Wildman–Crippen LogP) is 4.60. The summed E-state index contributed by atoms with van der Waals surface area (Å²) in [6, 6.07) is 13.8. The van der Waals surface area contributed by atoms with Crippen LogP contribution in [0.15, 0.2) is 46.9 Å². The summed E-state index contributed by atoms with van der Waals surface area (Å²) in [5.41, 5.74) is 3.15. The van der Waals surface area contributed by atoms with Gasteiger partial charge in [-0.15, -0.1) is 0 Å². The van der Waals surface area contributed by atoms with Crippen molar-refractivity contribution in [2.75, 3.05) is 5.32 Å². The van der Waals surface area contributed by atoms with Crippen LogP contribution >= 0.6 is 27.5 Å². The summed E-state index contributed by atoms with van der Waals surface area (Å²) in [6.07, 6.45) is 0. The van der Waals surface area contributed by atoms with E-state index in [0.717, 1.165) is 32.0 Å². The molecule has 2 aromatic carbocycles. The highest BCUT2D eigenvalue weighted by atomic mass is 79.9. The van der Waals surface area contributed by atoms with Crippen molar-refractivity contribution in [2.45, 2.75) is 6.54 Å². The molecule has 20 heavy (non-hydrogen) atoms. The molecule has 0 radical (unpaired) electrons. The van der Waals surface area contributed by atoms with Crippen molar-refractivity contribution in [3.63, 3.8) is 0 Å². The minimum absolute atomic E-state index is 0.671. The lowest BCUT2D eigenvalue weighted by molar-refractivity contribution is 0.834. The summed E-state index contributed by atoms with van der Waals surface area (Å²) in [5, 5.41) is 4.09. The molecule has 0 fully saturated rings. The van der Waals surface area contributed by atoms with E-state index in [1.165, 1.54) is 0 Å². The molecule has 0 saturated heterocycles. The second-order valence-electron chi connectivity index (χ2n) is 4.58. The summed E-state index contributed by atoms with van der Waals surface area (Å²) in [5.74, 6) is 0.994. The van der Waals surface area contributed by atoms with Crippen molar-refractivity contribution in [2.24, 2.45) is 7.05 Å². The molecule has 0 saturated carbocycles. The molecule has 1 heterocycles. The average molecular weight is 351 g/mol. The molecule has 0 aliphatic rings. The molecule has 1 N–H and O–H groups in total. The van der Waals surface area contributed by atoms with E-state index in [0.29, 0.717) is 6.54 Å². The molecule has 3 nitrogen and oxygen atoms in total. The van der Waals surface area contributed by atoms with Crippen LogP contribution in [0, 0.1) is 0 Å². The summed E-state index contributed by atoms with van der Waals surface area (Å²) in [4.78, 5) is 4.65. The van der Waals surface area contributed by atoms with Gasteiger partial charge in [0, 0.05) is 22.2 Å². The molecule has 0 bridgehead atoms. The third kappa shape index (κ3) is 2.67. The van der Waals surface area contributed by atoms with Gasteiger partial charge >= 0.3 is 0 Å². The first-order valence-electron chi connectivity index (χ1n) is 6.24. The van der Waals surface area contributed by atoms with Crippen LogP contribution in [-0.2, 0) is 13.6 Å². The smallest absolute Gasteiger partial charge is 0.128 e. The lowest BCUT2D eigenvalue weighted by Crippen LogP contribution is -2.05. The Kier molecular flexibility index (Phi) is 3.68. The quantitative estimate of drug-likeness (QED) is 0.748. The third-order valence-electron chi connectivity index (χ3n) is 3.23. The van der Waals surface area contributed by atoms with E-state index < -0.39 is 0 Å². The molecule has 0 amide bonds. The zero-order chi connectivity index (χ0) is 14.1. The number of hydrogen-bond acceptors (Lipinski definition) is 2. The fourth-order valence-electron chi connectivity index (χ4n) is 2.13. The Morgan fingerprint density at radius 2 is 1.95 bits per heavy atom. The molecule has 0 atom stereocenters. The number of halogens is 2. The number of nitrogens with one attached hydrogen (secondary N) is 1. The number of hydrogen-bond donors (Lipinski definition) is 1. The first-order valence-corrected chi connectivity index (χ1v) is 7.41. The summed E-state index contributed by atoms with van der Waals surface area (Å²) >= 11 is 9.34. The average Bonchev–Trinajstić information content (AvgIpc) is 2.74. The number of anilines is 1. The second kappa shape index (κ2) is 5.46. The van der Waals surface area contributed by atoms with Gasteiger partial charge in [0.05, 0.1) is 17.6 Å². The number of imidazole rings is 1. The highest BCUT2D eigenvalue weighted by molar-refractivity contribution is 9.10. The van der Waals surface area contributed by atoms with Gasteiger partial charge in [0.2, 0.25) is 0 Å². The Bertz CT molecular complexity index is 750. The Morgan fingerprint density at radius 3 is 2.70 bits per heavy atom. The van der Waals surface area contributed by atoms with Gasteiger partial charge in [0.1, 0.15) is 5.82 Å².